The van der Waals surface area contributed by atoms with Crippen LogP contribution in [0.3, 0.4) is 0 Å². The van der Waals surface area contributed by atoms with E-state index in [1.165, 1.54) is 0 Å². The van der Waals surface area contributed by atoms with E-state index in [2.05, 4.69) is 25.7 Å². The Labute approximate surface area is 140 Å². The zero-order chi connectivity index (χ0) is 15.1. The molecule has 4 nitrogen and oxygen atoms in total. The van der Waals surface area contributed by atoms with E-state index in [1.807, 2.05) is 24.3 Å². The molecule has 0 N–H and O–H groups in total. The molecular formula is C17H28ClNO3. The van der Waals surface area contributed by atoms with Gasteiger partial charge in [-0.3, -0.25) is 4.90 Å². The van der Waals surface area contributed by atoms with Gasteiger partial charge in [0.15, 0.2) is 0 Å². The molecule has 0 radical (unpaired) electrons. The summed E-state index contributed by atoms with van der Waals surface area (Å²) in [5, 5.41) is 0. The third-order valence-corrected chi connectivity index (χ3v) is 3.45. The topological polar surface area (TPSA) is 30.9 Å². The summed E-state index contributed by atoms with van der Waals surface area (Å²) < 4.78 is 17.2. The summed E-state index contributed by atoms with van der Waals surface area (Å²) in [5.74, 6) is 1.75. The second-order valence-corrected chi connectivity index (χ2v) is 5.69. The monoisotopic (exact) mass is 329 g/mol. The molecule has 22 heavy (non-hydrogen) atoms. The molecule has 0 aliphatic carbocycles. The molecule has 1 fully saturated rings. The van der Waals surface area contributed by atoms with Crippen LogP contribution in [0.1, 0.15) is 27.2 Å². The van der Waals surface area contributed by atoms with E-state index in [1.54, 1.807) is 0 Å². The van der Waals surface area contributed by atoms with E-state index in [-0.39, 0.29) is 12.4 Å². The number of morpholine rings is 1. The van der Waals surface area contributed by atoms with E-state index >= 15 is 0 Å². The Balaban J connectivity index is 0.00000242. The van der Waals surface area contributed by atoms with E-state index < -0.39 is 0 Å². The first-order valence-corrected chi connectivity index (χ1v) is 7.91. The predicted molar refractivity (Wildman–Crippen MR) is 91.4 cm³/mol. The van der Waals surface area contributed by atoms with Crippen LogP contribution in [0.4, 0.5) is 0 Å². The molecule has 2 atom stereocenters. The number of benzene rings is 1. The first kappa shape index (κ1) is 19.1. The maximum atomic E-state index is 5.84. The number of ether oxygens (including phenoxy) is 3. The SMILES string of the molecule is CCCOc1cccc(OCCN2CC(C)OC(C)C2)c1.Cl. The Kier molecular flexibility index (Phi) is 8.61. The van der Waals surface area contributed by atoms with Gasteiger partial charge in [-0.25, -0.2) is 0 Å². The molecule has 1 aromatic carbocycles. The highest BCUT2D eigenvalue weighted by atomic mass is 35.5. The van der Waals surface area contributed by atoms with Gasteiger partial charge in [0.25, 0.3) is 0 Å². The van der Waals surface area contributed by atoms with Crippen LogP contribution in [0.5, 0.6) is 11.5 Å². The van der Waals surface area contributed by atoms with Crippen LogP contribution in [0.2, 0.25) is 0 Å². The van der Waals surface area contributed by atoms with Crippen molar-refractivity contribution < 1.29 is 14.2 Å². The van der Waals surface area contributed by atoms with Crippen LogP contribution in [-0.2, 0) is 4.74 Å². The van der Waals surface area contributed by atoms with Gasteiger partial charge in [0.2, 0.25) is 0 Å². The smallest absolute Gasteiger partial charge is 0.123 e. The van der Waals surface area contributed by atoms with Crippen LogP contribution in [0.15, 0.2) is 24.3 Å². The van der Waals surface area contributed by atoms with Crippen LogP contribution in [0.25, 0.3) is 0 Å². The minimum Gasteiger partial charge on any atom is -0.493 e. The van der Waals surface area contributed by atoms with Crippen molar-refractivity contribution in [3.63, 3.8) is 0 Å². The minimum atomic E-state index is 0. The largest absolute Gasteiger partial charge is 0.493 e. The van der Waals surface area contributed by atoms with Crippen molar-refractivity contribution in [1.82, 2.24) is 4.90 Å². The maximum absolute atomic E-state index is 5.84. The minimum absolute atomic E-state index is 0. The first-order valence-electron chi connectivity index (χ1n) is 7.91. The molecule has 2 rings (SSSR count). The Morgan fingerprint density at radius 1 is 1.09 bits per heavy atom. The predicted octanol–water partition coefficient (Wildman–Crippen LogP) is 3.39. The summed E-state index contributed by atoms with van der Waals surface area (Å²) in [5.41, 5.74) is 0. The maximum Gasteiger partial charge on any atom is 0.123 e. The molecule has 1 aliphatic rings. The average molecular weight is 330 g/mol. The fourth-order valence-electron chi connectivity index (χ4n) is 2.63. The molecule has 5 heteroatoms. The molecule has 2 unspecified atom stereocenters. The van der Waals surface area contributed by atoms with Crippen molar-refractivity contribution in [1.29, 1.82) is 0 Å². The Morgan fingerprint density at radius 3 is 2.27 bits per heavy atom. The molecule has 0 amide bonds. The van der Waals surface area contributed by atoms with Crippen molar-refractivity contribution in [2.24, 2.45) is 0 Å². The second kappa shape index (κ2) is 9.93. The van der Waals surface area contributed by atoms with Crippen LogP contribution < -0.4 is 9.47 Å². The lowest BCUT2D eigenvalue weighted by Gasteiger charge is -2.35. The van der Waals surface area contributed by atoms with Gasteiger partial charge < -0.3 is 14.2 Å². The Morgan fingerprint density at radius 2 is 1.68 bits per heavy atom. The van der Waals surface area contributed by atoms with E-state index in [0.29, 0.717) is 18.8 Å². The molecule has 1 saturated heterocycles. The van der Waals surface area contributed by atoms with Gasteiger partial charge in [-0.2, -0.15) is 0 Å². The van der Waals surface area contributed by atoms with Crippen molar-refractivity contribution in [2.75, 3.05) is 32.8 Å². The molecule has 0 spiro atoms. The summed E-state index contributed by atoms with van der Waals surface area (Å²) in [6.07, 6.45) is 1.62. The lowest BCUT2D eigenvalue weighted by atomic mass is 10.2. The highest BCUT2D eigenvalue weighted by Crippen LogP contribution is 2.19. The average Bonchev–Trinajstić information content (AvgIpc) is 2.44. The van der Waals surface area contributed by atoms with Gasteiger partial charge in [0, 0.05) is 25.7 Å². The van der Waals surface area contributed by atoms with Crippen LogP contribution >= 0.6 is 12.4 Å². The van der Waals surface area contributed by atoms with Crippen molar-refractivity contribution in [3.05, 3.63) is 24.3 Å². The molecular weight excluding hydrogens is 302 g/mol. The van der Waals surface area contributed by atoms with Crippen molar-refractivity contribution in [2.45, 2.75) is 39.4 Å². The number of hydrogen-bond donors (Lipinski definition) is 0. The lowest BCUT2D eigenvalue weighted by Crippen LogP contribution is -2.46. The number of nitrogens with zero attached hydrogens (tertiary/aromatic N) is 1. The standard InChI is InChI=1S/C17H27NO3.ClH/c1-4-9-19-16-6-5-7-17(11-16)20-10-8-18-12-14(2)21-15(3)13-18;/h5-7,11,14-15H,4,8-10,12-13H2,1-3H3;1H. The first-order chi connectivity index (χ1) is 10.2. The molecule has 1 aromatic rings. The second-order valence-electron chi connectivity index (χ2n) is 5.69. The normalized spacial score (nSPS) is 22.0. The summed E-state index contributed by atoms with van der Waals surface area (Å²) in [7, 11) is 0. The number of hydrogen-bond acceptors (Lipinski definition) is 4. The zero-order valence-electron chi connectivity index (χ0n) is 13.8. The summed E-state index contributed by atoms with van der Waals surface area (Å²) in [6.45, 7) is 10.7. The molecule has 0 saturated carbocycles. The van der Waals surface area contributed by atoms with Crippen molar-refractivity contribution in [3.8, 4) is 11.5 Å². The summed E-state index contributed by atoms with van der Waals surface area (Å²) in [4.78, 5) is 2.40. The van der Waals surface area contributed by atoms with Gasteiger partial charge in [0.05, 0.1) is 18.8 Å². The van der Waals surface area contributed by atoms with Crippen molar-refractivity contribution >= 4 is 12.4 Å². The third kappa shape index (κ3) is 6.42. The lowest BCUT2D eigenvalue weighted by molar-refractivity contribution is -0.0699. The van der Waals surface area contributed by atoms with Crippen LogP contribution in [-0.4, -0.2) is 50.0 Å². The molecule has 1 heterocycles. The van der Waals surface area contributed by atoms with Gasteiger partial charge in [-0.05, 0) is 32.4 Å². The quantitative estimate of drug-likeness (QED) is 0.767. The van der Waals surface area contributed by atoms with Gasteiger partial charge in [0.1, 0.15) is 18.1 Å². The Bertz CT molecular complexity index is 420. The van der Waals surface area contributed by atoms with E-state index in [9.17, 15) is 0 Å². The highest BCUT2D eigenvalue weighted by Gasteiger charge is 2.21. The Hall–Kier alpha value is -0.970. The molecule has 0 bridgehead atoms. The van der Waals surface area contributed by atoms with Gasteiger partial charge in [-0.15, -0.1) is 12.4 Å². The zero-order valence-corrected chi connectivity index (χ0v) is 14.6. The summed E-state index contributed by atoms with van der Waals surface area (Å²) in [6, 6.07) is 7.87. The number of rotatable bonds is 7. The molecule has 1 aliphatic heterocycles. The van der Waals surface area contributed by atoms with Gasteiger partial charge in [-0.1, -0.05) is 13.0 Å². The molecule has 0 aromatic heterocycles. The fourth-order valence-corrected chi connectivity index (χ4v) is 2.63. The summed E-state index contributed by atoms with van der Waals surface area (Å²) >= 11 is 0. The fraction of sp³-hybridized carbons (Fsp3) is 0.647. The van der Waals surface area contributed by atoms with Gasteiger partial charge >= 0.3 is 0 Å². The number of halogens is 1. The highest BCUT2D eigenvalue weighted by molar-refractivity contribution is 5.85. The van der Waals surface area contributed by atoms with E-state index in [0.717, 1.165) is 44.2 Å². The van der Waals surface area contributed by atoms with E-state index in [4.69, 9.17) is 14.2 Å². The third-order valence-electron chi connectivity index (χ3n) is 3.45. The molecule has 126 valence electrons. The van der Waals surface area contributed by atoms with Crippen LogP contribution in [0, 0.1) is 0 Å².